The van der Waals surface area contributed by atoms with E-state index in [4.69, 9.17) is 5.14 Å². The Hall–Kier alpha value is -1.70. The van der Waals surface area contributed by atoms with Gasteiger partial charge in [-0.3, -0.25) is 4.79 Å². The number of hydrogen-bond donors (Lipinski definition) is 1. The zero-order valence-corrected chi connectivity index (χ0v) is 15.2. The molecule has 2 N–H and O–H groups in total. The van der Waals surface area contributed by atoms with Gasteiger partial charge in [-0.1, -0.05) is 6.07 Å². The van der Waals surface area contributed by atoms with E-state index in [-0.39, 0.29) is 16.8 Å². The van der Waals surface area contributed by atoms with Crippen LogP contribution in [-0.4, -0.2) is 26.3 Å². The predicted octanol–water partition coefficient (Wildman–Crippen LogP) is 2.85. The van der Waals surface area contributed by atoms with Crippen molar-refractivity contribution in [1.29, 1.82) is 0 Å². The zero-order valence-electron chi connectivity index (χ0n) is 13.5. The van der Waals surface area contributed by atoms with E-state index < -0.39 is 10.0 Å². The number of thiophene rings is 1. The third-order valence-corrected chi connectivity index (χ3v) is 6.11. The van der Waals surface area contributed by atoms with Crippen molar-refractivity contribution in [2.45, 2.75) is 31.7 Å². The maximum absolute atomic E-state index is 12.7. The third kappa shape index (κ3) is 3.63. The molecule has 1 atom stereocenters. The van der Waals surface area contributed by atoms with Crippen molar-refractivity contribution in [2.75, 3.05) is 7.05 Å². The summed E-state index contributed by atoms with van der Waals surface area (Å²) >= 11 is 1.58. The van der Waals surface area contributed by atoms with Crippen LogP contribution in [0.3, 0.4) is 0 Å². The SMILES string of the molecule is Cc1cc(C(=O)N(C)C(C)c2cccs2)cc(S(N)(=O)=O)c1C. The highest BCUT2D eigenvalue weighted by Gasteiger charge is 2.23. The minimum atomic E-state index is -3.87. The van der Waals surface area contributed by atoms with Gasteiger partial charge in [0.05, 0.1) is 10.9 Å². The average molecular weight is 352 g/mol. The molecule has 124 valence electrons. The van der Waals surface area contributed by atoms with E-state index in [2.05, 4.69) is 0 Å². The molecule has 1 aromatic heterocycles. The number of amides is 1. The smallest absolute Gasteiger partial charge is 0.254 e. The van der Waals surface area contributed by atoms with Crippen LogP contribution in [0.1, 0.15) is 39.3 Å². The number of benzene rings is 1. The Kier molecular flexibility index (Phi) is 4.93. The molecule has 5 nitrogen and oxygen atoms in total. The maximum atomic E-state index is 12.7. The predicted molar refractivity (Wildman–Crippen MR) is 92.1 cm³/mol. The van der Waals surface area contributed by atoms with E-state index in [0.717, 1.165) is 10.4 Å². The summed E-state index contributed by atoms with van der Waals surface area (Å²) in [5.41, 5.74) is 1.61. The highest BCUT2D eigenvalue weighted by atomic mass is 32.2. The van der Waals surface area contributed by atoms with E-state index in [1.54, 1.807) is 43.2 Å². The molecule has 0 radical (unpaired) electrons. The molecule has 0 bridgehead atoms. The number of nitrogens with two attached hydrogens (primary N) is 1. The second kappa shape index (κ2) is 6.43. The highest BCUT2D eigenvalue weighted by molar-refractivity contribution is 7.89. The second-order valence-electron chi connectivity index (χ2n) is 5.57. The van der Waals surface area contributed by atoms with Crippen molar-refractivity contribution in [3.05, 3.63) is 51.2 Å². The van der Waals surface area contributed by atoms with Crippen molar-refractivity contribution in [3.63, 3.8) is 0 Å². The first-order valence-electron chi connectivity index (χ1n) is 7.07. The molecular weight excluding hydrogens is 332 g/mol. The summed E-state index contributed by atoms with van der Waals surface area (Å²) in [7, 11) is -2.16. The first kappa shape index (κ1) is 17.7. The Bertz CT molecular complexity index is 827. The molecule has 1 amide bonds. The lowest BCUT2D eigenvalue weighted by molar-refractivity contribution is 0.0744. The lowest BCUT2D eigenvalue weighted by atomic mass is 10.0. The monoisotopic (exact) mass is 352 g/mol. The molecule has 1 aromatic carbocycles. The van der Waals surface area contributed by atoms with Crippen molar-refractivity contribution in [3.8, 4) is 0 Å². The lowest BCUT2D eigenvalue weighted by Gasteiger charge is -2.24. The molecule has 0 fully saturated rings. The molecule has 0 saturated heterocycles. The van der Waals surface area contributed by atoms with Gasteiger partial charge in [-0.05, 0) is 55.5 Å². The van der Waals surface area contributed by atoms with Crippen LogP contribution in [0.2, 0.25) is 0 Å². The Morgan fingerprint density at radius 2 is 1.96 bits per heavy atom. The minimum absolute atomic E-state index is 0.00183. The van der Waals surface area contributed by atoms with E-state index in [9.17, 15) is 13.2 Å². The molecular formula is C16H20N2O3S2. The Morgan fingerprint density at radius 3 is 2.48 bits per heavy atom. The maximum Gasteiger partial charge on any atom is 0.254 e. The number of nitrogens with zero attached hydrogens (tertiary/aromatic N) is 1. The van der Waals surface area contributed by atoms with Gasteiger partial charge >= 0.3 is 0 Å². The van der Waals surface area contributed by atoms with Crippen LogP contribution in [0, 0.1) is 13.8 Å². The Balaban J connectivity index is 2.42. The minimum Gasteiger partial charge on any atom is -0.334 e. The number of aryl methyl sites for hydroxylation is 1. The van der Waals surface area contributed by atoms with Crippen molar-refractivity contribution < 1.29 is 13.2 Å². The topological polar surface area (TPSA) is 80.5 Å². The summed E-state index contributed by atoms with van der Waals surface area (Å²) < 4.78 is 23.5. The normalized spacial score (nSPS) is 12.9. The van der Waals surface area contributed by atoms with Gasteiger partial charge in [0.15, 0.2) is 0 Å². The highest BCUT2D eigenvalue weighted by Crippen LogP contribution is 2.26. The molecule has 1 heterocycles. The summed E-state index contributed by atoms with van der Waals surface area (Å²) in [5.74, 6) is -0.237. The van der Waals surface area contributed by atoms with E-state index in [1.165, 1.54) is 6.07 Å². The summed E-state index contributed by atoms with van der Waals surface area (Å²) in [6.07, 6.45) is 0. The third-order valence-electron chi connectivity index (χ3n) is 4.03. The van der Waals surface area contributed by atoms with E-state index in [0.29, 0.717) is 11.1 Å². The van der Waals surface area contributed by atoms with Crippen LogP contribution in [0.4, 0.5) is 0 Å². The summed E-state index contributed by atoms with van der Waals surface area (Å²) in [4.78, 5) is 15.4. The van der Waals surface area contributed by atoms with E-state index in [1.807, 2.05) is 24.4 Å². The molecule has 23 heavy (non-hydrogen) atoms. The lowest BCUT2D eigenvalue weighted by Crippen LogP contribution is -2.29. The largest absolute Gasteiger partial charge is 0.334 e. The van der Waals surface area contributed by atoms with Crippen LogP contribution in [0.25, 0.3) is 0 Å². The van der Waals surface area contributed by atoms with Crippen LogP contribution in [0.5, 0.6) is 0 Å². The molecule has 0 saturated carbocycles. The molecule has 2 aromatic rings. The van der Waals surface area contributed by atoms with Crippen LogP contribution >= 0.6 is 11.3 Å². The van der Waals surface area contributed by atoms with Gasteiger partial charge in [0.2, 0.25) is 10.0 Å². The number of sulfonamides is 1. The number of carbonyl (C=O) groups is 1. The number of hydrogen-bond acceptors (Lipinski definition) is 4. The van der Waals surface area contributed by atoms with Gasteiger partial charge in [-0.25, -0.2) is 13.6 Å². The van der Waals surface area contributed by atoms with Gasteiger partial charge in [0, 0.05) is 17.5 Å². The summed E-state index contributed by atoms with van der Waals surface area (Å²) in [6, 6.07) is 6.86. The number of rotatable bonds is 4. The molecule has 0 aliphatic carbocycles. The fraction of sp³-hybridized carbons (Fsp3) is 0.312. The number of carbonyl (C=O) groups excluding carboxylic acids is 1. The zero-order chi connectivity index (χ0) is 17.4. The Morgan fingerprint density at radius 1 is 1.30 bits per heavy atom. The van der Waals surface area contributed by atoms with Gasteiger partial charge in [0.25, 0.3) is 5.91 Å². The fourth-order valence-corrected chi connectivity index (χ4v) is 4.05. The van der Waals surface area contributed by atoms with Gasteiger partial charge in [0.1, 0.15) is 0 Å². The first-order valence-corrected chi connectivity index (χ1v) is 9.50. The van der Waals surface area contributed by atoms with Gasteiger partial charge in [-0.2, -0.15) is 0 Å². The number of primary sulfonamides is 1. The summed E-state index contributed by atoms with van der Waals surface area (Å²) in [6.45, 7) is 5.39. The summed E-state index contributed by atoms with van der Waals surface area (Å²) in [5, 5.41) is 7.22. The quantitative estimate of drug-likeness (QED) is 0.919. The Labute approximate surface area is 140 Å². The fourth-order valence-electron chi connectivity index (χ4n) is 2.35. The molecule has 1 unspecified atom stereocenters. The molecule has 2 rings (SSSR count). The van der Waals surface area contributed by atoms with Crippen LogP contribution < -0.4 is 5.14 Å². The van der Waals surface area contributed by atoms with Crippen LogP contribution in [0.15, 0.2) is 34.5 Å². The molecule has 0 aliphatic rings. The van der Waals surface area contributed by atoms with Gasteiger partial charge in [-0.15, -0.1) is 11.3 Å². The standard InChI is InChI=1S/C16H20N2O3S2/c1-10-8-13(9-15(11(10)2)23(17,20)21)16(19)18(4)12(3)14-6-5-7-22-14/h5-9,12H,1-4H3,(H2,17,20,21). The molecule has 0 spiro atoms. The van der Waals surface area contributed by atoms with Crippen LogP contribution in [-0.2, 0) is 10.0 Å². The molecule has 0 aliphatic heterocycles. The average Bonchev–Trinajstić information content (AvgIpc) is 3.00. The van der Waals surface area contributed by atoms with E-state index >= 15 is 0 Å². The van der Waals surface area contributed by atoms with Crippen molar-refractivity contribution >= 4 is 27.3 Å². The second-order valence-corrected chi connectivity index (χ2v) is 8.08. The van der Waals surface area contributed by atoms with Crippen molar-refractivity contribution in [1.82, 2.24) is 4.90 Å². The van der Waals surface area contributed by atoms with Gasteiger partial charge < -0.3 is 4.90 Å². The van der Waals surface area contributed by atoms with Crippen molar-refractivity contribution in [2.24, 2.45) is 5.14 Å². The molecule has 7 heteroatoms. The first-order chi connectivity index (χ1) is 10.6.